The molecule has 2 fully saturated rings. The van der Waals surface area contributed by atoms with Crippen LogP contribution in [0.2, 0.25) is 0 Å². The molecular weight excluding hydrogens is 126 g/mol. The van der Waals surface area contributed by atoms with Crippen LogP contribution >= 0.6 is 0 Å². The Morgan fingerprint density at radius 1 is 1.50 bits per heavy atom. The largest absolute Gasteiger partial charge is 0.390 e. The van der Waals surface area contributed by atoms with Gasteiger partial charge in [-0.3, -0.25) is 0 Å². The van der Waals surface area contributed by atoms with Crippen LogP contribution in [-0.4, -0.2) is 23.8 Å². The van der Waals surface area contributed by atoms with Gasteiger partial charge in [-0.05, 0) is 19.7 Å². The van der Waals surface area contributed by atoms with Gasteiger partial charge >= 0.3 is 0 Å². The summed E-state index contributed by atoms with van der Waals surface area (Å²) >= 11 is 0. The highest BCUT2D eigenvalue weighted by Crippen LogP contribution is 2.41. The van der Waals surface area contributed by atoms with Gasteiger partial charge in [-0.15, -0.1) is 0 Å². The number of piperidine rings is 1. The number of hydrogen-bond donors (Lipinski definition) is 2. The van der Waals surface area contributed by atoms with Crippen LogP contribution in [0.4, 0.5) is 0 Å². The fourth-order valence-electron chi connectivity index (χ4n) is 2.12. The van der Waals surface area contributed by atoms with Crippen molar-refractivity contribution in [2.24, 2.45) is 11.8 Å². The van der Waals surface area contributed by atoms with Crippen molar-refractivity contribution in [3.8, 4) is 0 Å². The summed E-state index contributed by atoms with van der Waals surface area (Å²) in [6.45, 7) is -0.933. The van der Waals surface area contributed by atoms with E-state index in [1.54, 1.807) is 0 Å². The lowest BCUT2D eigenvalue weighted by Crippen LogP contribution is -2.50. The summed E-state index contributed by atoms with van der Waals surface area (Å²) in [4.78, 5) is 0. The number of hydrogen-bond acceptors (Lipinski definition) is 2. The molecule has 0 spiro atoms. The molecule has 0 amide bonds. The molecule has 1 aliphatic heterocycles. The standard InChI is InChI=1S/C8H15NO/c1-8(10)6-2-3-7(8)5-9-4-6/h6-7,9-10H,2-5H2,1H3/i1D3. The maximum Gasteiger partial charge on any atom is 0.0700 e. The maximum absolute atomic E-state index is 10.2. The lowest BCUT2D eigenvalue weighted by Gasteiger charge is -2.36. The van der Waals surface area contributed by atoms with Crippen molar-refractivity contribution in [1.82, 2.24) is 5.32 Å². The summed E-state index contributed by atoms with van der Waals surface area (Å²) < 4.78 is 22.1. The summed E-state index contributed by atoms with van der Waals surface area (Å²) in [5.74, 6) is -0.169. The van der Waals surface area contributed by atoms with E-state index in [1.807, 2.05) is 0 Å². The smallest absolute Gasteiger partial charge is 0.0700 e. The molecule has 2 atom stereocenters. The number of aliphatic hydroxyl groups is 1. The molecule has 0 aromatic heterocycles. The van der Waals surface area contributed by atoms with Gasteiger partial charge in [-0.2, -0.15) is 0 Å². The van der Waals surface area contributed by atoms with Gasteiger partial charge in [0.2, 0.25) is 0 Å². The van der Waals surface area contributed by atoms with Crippen molar-refractivity contribution >= 4 is 0 Å². The van der Waals surface area contributed by atoms with Gasteiger partial charge in [-0.1, -0.05) is 0 Å². The first-order chi connectivity index (χ1) is 5.96. The van der Waals surface area contributed by atoms with Crippen molar-refractivity contribution in [3.63, 3.8) is 0 Å². The fraction of sp³-hybridized carbons (Fsp3) is 1.00. The van der Waals surface area contributed by atoms with Crippen LogP contribution in [0.25, 0.3) is 0 Å². The molecule has 1 saturated carbocycles. The van der Waals surface area contributed by atoms with Crippen LogP contribution in [-0.2, 0) is 0 Å². The molecule has 0 aromatic rings. The minimum Gasteiger partial charge on any atom is -0.390 e. The minimum absolute atomic E-state index is 0.0845. The van der Waals surface area contributed by atoms with Gasteiger partial charge in [0.25, 0.3) is 0 Å². The predicted molar refractivity (Wildman–Crippen MR) is 39.7 cm³/mol. The van der Waals surface area contributed by atoms with Gasteiger partial charge in [0.1, 0.15) is 0 Å². The van der Waals surface area contributed by atoms with E-state index < -0.39 is 12.5 Å². The normalized spacial score (nSPS) is 59.1. The Labute approximate surface area is 65.8 Å². The summed E-state index contributed by atoms with van der Waals surface area (Å²) in [5, 5.41) is 13.4. The number of nitrogens with one attached hydrogen (secondary N) is 1. The van der Waals surface area contributed by atoms with Crippen molar-refractivity contribution in [3.05, 3.63) is 0 Å². The second-order valence-electron chi connectivity index (χ2n) is 3.45. The Morgan fingerprint density at radius 2 is 2.10 bits per heavy atom. The third-order valence-corrected chi connectivity index (χ3v) is 2.89. The Balaban J connectivity index is 2.31. The molecule has 2 bridgehead atoms. The first kappa shape index (κ1) is 4.07. The second kappa shape index (κ2) is 1.95. The predicted octanol–water partition coefficient (Wildman–Crippen LogP) is 0.367. The molecule has 1 saturated heterocycles. The van der Waals surface area contributed by atoms with Crippen LogP contribution in [0.3, 0.4) is 0 Å². The highest BCUT2D eigenvalue weighted by molar-refractivity contribution is 5.00. The number of rotatable bonds is 0. The highest BCUT2D eigenvalue weighted by atomic mass is 16.3. The Bertz CT molecular complexity index is 200. The molecule has 1 aliphatic carbocycles. The molecule has 2 N–H and O–H groups in total. The van der Waals surface area contributed by atoms with Gasteiger partial charge < -0.3 is 10.4 Å². The molecule has 2 aliphatic rings. The van der Waals surface area contributed by atoms with Crippen molar-refractivity contribution < 1.29 is 9.22 Å². The molecule has 10 heavy (non-hydrogen) atoms. The highest BCUT2D eigenvalue weighted by Gasteiger charge is 2.47. The van der Waals surface area contributed by atoms with Crippen molar-refractivity contribution in [2.75, 3.05) is 13.1 Å². The molecule has 1 heterocycles. The first-order valence-electron chi connectivity index (χ1n) is 5.39. The molecule has 2 rings (SSSR count). The van der Waals surface area contributed by atoms with Gasteiger partial charge in [0, 0.05) is 29.0 Å². The Hall–Kier alpha value is -0.0800. The topological polar surface area (TPSA) is 32.3 Å². The first-order valence-corrected chi connectivity index (χ1v) is 3.89. The second-order valence-corrected chi connectivity index (χ2v) is 3.45. The third kappa shape index (κ3) is 0.722. The van der Waals surface area contributed by atoms with Crippen LogP contribution in [0.1, 0.15) is 23.8 Å². The Morgan fingerprint density at radius 3 is 2.50 bits per heavy atom. The van der Waals surface area contributed by atoms with Crippen LogP contribution in [0.5, 0.6) is 0 Å². The minimum atomic E-state index is -2.22. The monoisotopic (exact) mass is 144 g/mol. The quantitative estimate of drug-likeness (QED) is 0.515. The maximum atomic E-state index is 10.2. The van der Waals surface area contributed by atoms with E-state index in [0.717, 1.165) is 12.8 Å². The van der Waals surface area contributed by atoms with Gasteiger partial charge in [-0.25, -0.2) is 0 Å². The summed E-state index contributed by atoms with van der Waals surface area (Å²) in [6.07, 6.45) is 1.68. The van der Waals surface area contributed by atoms with E-state index in [2.05, 4.69) is 5.32 Å². The summed E-state index contributed by atoms with van der Waals surface area (Å²) in [7, 11) is 0. The average molecular weight is 144 g/mol. The van der Waals surface area contributed by atoms with Crippen LogP contribution in [0.15, 0.2) is 0 Å². The van der Waals surface area contributed by atoms with E-state index in [4.69, 9.17) is 4.11 Å². The van der Waals surface area contributed by atoms with Crippen LogP contribution < -0.4 is 5.32 Å². The zero-order chi connectivity index (χ0) is 9.69. The van der Waals surface area contributed by atoms with Gasteiger partial charge in [0.15, 0.2) is 0 Å². The van der Waals surface area contributed by atoms with E-state index in [0.29, 0.717) is 13.1 Å². The average Bonchev–Trinajstić information content (AvgIpc) is 2.26. The van der Waals surface area contributed by atoms with Crippen LogP contribution in [0, 0.1) is 11.8 Å². The van der Waals surface area contributed by atoms with E-state index >= 15 is 0 Å². The van der Waals surface area contributed by atoms with E-state index in [-0.39, 0.29) is 11.8 Å². The molecule has 2 heteroatoms. The SMILES string of the molecule is [2H]C([2H])([2H])C1(O)C2CCC1CNC2. The number of fused-ring (bicyclic) bond motifs is 2. The zero-order valence-electron chi connectivity index (χ0n) is 8.93. The summed E-state index contributed by atoms with van der Waals surface area (Å²) in [5.41, 5.74) is -1.42. The third-order valence-electron chi connectivity index (χ3n) is 2.89. The van der Waals surface area contributed by atoms with Crippen molar-refractivity contribution in [1.29, 1.82) is 0 Å². The van der Waals surface area contributed by atoms with E-state index in [9.17, 15) is 5.11 Å². The molecule has 2 unspecified atom stereocenters. The summed E-state index contributed by atoms with van der Waals surface area (Å²) in [6, 6.07) is 0. The fourth-order valence-corrected chi connectivity index (χ4v) is 2.12. The van der Waals surface area contributed by atoms with Crippen molar-refractivity contribution in [2.45, 2.75) is 25.3 Å². The molecule has 2 nitrogen and oxygen atoms in total. The molecular formula is C8H15NO. The Kier molecular flexibility index (Phi) is 0.796. The molecule has 0 radical (unpaired) electrons. The lowest BCUT2D eigenvalue weighted by molar-refractivity contribution is -0.0342. The molecule has 58 valence electrons. The lowest BCUT2D eigenvalue weighted by atomic mass is 9.83. The van der Waals surface area contributed by atoms with Gasteiger partial charge in [0.05, 0.1) is 5.60 Å². The van der Waals surface area contributed by atoms with E-state index in [1.165, 1.54) is 0 Å². The zero-order valence-corrected chi connectivity index (χ0v) is 5.93. The molecule has 0 aromatic carbocycles.